The molecule has 88 valence electrons. The molecule has 1 aliphatic heterocycles. The largest absolute Gasteiger partial charge is 0.332 e. The minimum atomic E-state index is 0.0806. The number of hydrogen-bond donors (Lipinski definition) is 1. The van der Waals surface area contributed by atoms with E-state index in [0.29, 0.717) is 5.69 Å². The zero-order valence-corrected chi connectivity index (χ0v) is 10.0. The zero-order valence-electron chi connectivity index (χ0n) is 10.0. The lowest BCUT2D eigenvalue weighted by molar-refractivity contribution is 0.0644. The van der Waals surface area contributed by atoms with Crippen molar-refractivity contribution in [3.63, 3.8) is 0 Å². The van der Waals surface area contributed by atoms with Crippen LogP contribution in [0.5, 0.6) is 0 Å². The van der Waals surface area contributed by atoms with Crippen LogP contribution in [0.4, 0.5) is 0 Å². The van der Waals surface area contributed by atoms with Gasteiger partial charge < -0.3 is 10.2 Å². The summed E-state index contributed by atoms with van der Waals surface area (Å²) in [6.45, 7) is 6.46. The number of carbonyl (C=O) groups is 1. The summed E-state index contributed by atoms with van der Waals surface area (Å²) >= 11 is 0. The Labute approximate surface area is 95.4 Å². The van der Waals surface area contributed by atoms with Crippen molar-refractivity contribution in [2.45, 2.75) is 19.9 Å². The summed E-state index contributed by atoms with van der Waals surface area (Å²) in [5, 5.41) is 7.48. The Morgan fingerprint density at radius 1 is 1.62 bits per heavy atom. The van der Waals surface area contributed by atoms with Crippen molar-refractivity contribution < 1.29 is 4.79 Å². The molecule has 1 unspecified atom stereocenters. The first-order chi connectivity index (χ1) is 7.59. The van der Waals surface area contributed by atoms with Crippen LogP contribution in [0, 0.1) is 6.92 Å². The van der Waals surface area contributed by atoms with E-state index in [1.54, 1.807) is 4.68 Å². The van der Waals surface area contributed by atoms with E-state index in [-0.39, 0.29) is 11.9 Å². The number of nitrogens with zero attached hydrogens (tertiary/aromatic N) is 3. The molecule has 0 aromatic carbocycles. The molecule has 2 heterocycles. The average Bonchev–Trinajstić information content (AvgIpc) is 2.58. The summed E-state index contributed by atoms with van der Waals surface area (Å²) in [5.74, 6) is 0.0806. The molecule has 0 radical (unpaired) electrons. The molecule has 1 aromatic rings. The highest BCUT2D eigenvalue weighted by Crippen LogP contribution is 2.10. The van der Waals surface area contributed by atoms with Gasteiger partial charge >= 0.3 is 0 Å². The number of carbonyl (C=O) groups excluding carboxylic acids is 1. The molecule has 0 bridgehead atoms. The third-order valence-corrected chi connectivity index (χ3v) is 2.98. The molecular formula is C11H18N4O. The molecule has 1 saturated heterocycles. The van der Waals surface area contributed by atoms with Crippen LogP contribution in [0.25, 0.3) is 0 Å². The van der Waals surface area contributed by atoms with Crippen LogP contribution in [0.3, 0.4) is 0 Å². The lowest BCUT2D eigenvalue weighted by Gasteiger charge is -2.33. The zero-order chi connectivity index (χ0) is 11.7. The molecule has 1 aromatic heterocycles. The van der Waals surface area contributed by atoms with Gasteiger partial charge in [0.05, 0.1) is 5.69 Å². The van der Waals surface area contributed by atoms with E-state index in [0.717, 1.165) is 25.3 Å². The molecule has 1 aliphatic rings. The fraction of sp³-hybridized carbons (Fsp3) is 0.636. The number of amides is 1. The van der Waals surface area contributed by atoms with Crippen molar-refractivity contribution in [3.8, 4) is 0 Å². The second-order valence-corrected chi connectivity index (χ2v) is 4.35. The molecule has 1 atom stereocenters. The molecule has 16 heavy (non-hydrogen) atoms. The van der Waals surface area contributed by atoms with Gasteiger partial charge in [0, 0.05) is 32.7 Å². The van der Waals surface area contributed by atoms with Gasteiger partial charge in [-0.25, -0.2) is 0 Å². The van der Waals surface area contributed by atoms with Crippen molar-refractivity contribution in [1.82, 2.24) is 20.0 Å². The molecule has 5 nitrogen and oxygen atoms in total. The van der Waals surface area contributed by atoms with E-state index in [9.17, 15) is 4.79 Å². The van der Waals surface area contributed by atoms with E-state index in [4.69, 9.17) is 0 Å². The number of hydrogen-bond acceptors (Lipinski definition) is 3. The fourth-order valence-corrected chi connectivity index (χ4v) is 2.10. The van der Waals surface area contributed by atoms with Gasteiger partial charge in [-0.1, -0.05) is 0 Å². The van der Waals surface area contributed by atoms with Gasteiger partial charge in [0.1, 0.15) is 5.69 Å². The topological polar surface area (TPSA) is 50.2 Å². The number of piperazine rings is 1. The minimum Gasteiger partial charge on any atom is -0.332 e. The number of rotatable bonds is 1. The Balaban J connectivity index is 2.21. The van der Waals surface area contributed by atoms with Gasteiger partial charge in [0.15, 0.2) is 0 Å². The summed E-state index contributed by atoms with van der Waals surface area (Å²) in [7, 11) is 1.81. The van der Waals surface area contributed by atoms with Crippen molar-refractivity contribution >= 4 is 5.91 Å². The van der Waals surface area contributed by atoms with Crippen LogP contribution in [-0.2, 0) is 7.05 Å². The van der Waals surface area contributed by atoms with Crippen molar-refractivity contribution in [1.29, 1.82) is 0 Å². The van der Waals surface area contributed by atoms with Gasteiger partial charge in [0.25, 0.3) is 5.91 Å². The first-order valence-electron chi connectivity index (χ1n) is 5.62. The highest BCUT2D eigenvalue weighted by Gasteiger charge is 2.25. The molecule has 1 amide bonds. The van der Waals surface area contributed by atoms with Crippen LogP contribution in [0.1, 0.15) is 23.1 Å². The summed E-state index contributed by atoms with van der Waals surface area (Å²) in [5.41, 5.74) is 1.56. The third-order valence-electron chi connectivity index (χ3n) is 2.98. The van der Waals surface area contributed by atoms with Gasteiger partial charge in [-0.15, -0.1) is 0 Å². The molecule has 1 N–H and O–H groups in total. The van der Waals surface area contributed by atoms with Crippen molar-refractivity contribution in [2.75, 3.05) is 19.6 Å². The first kappa shape index (κ1) is 11.1. The third kappa shape index (κ3) is 1.95. The van der Waals surface area contributed by atoms with Crippen molar-refractivity contribution in [3.05, 3.63) is 17.5 Å². The maximum absolute atomic E-state index is 12.3. The number of aromatic nitrogens is 2. The van der Waals surface area contributed by atoms with Crippen LogP contribution >= 0.6 is 0 Å². The van der Waals surface area contributed by atoms with Crippen LogP contribution in [0.2, 0.25) is 0 Å². The van der Waals surface area contributed by atoms with Gasteiger partial charge in [-0.2, -0.15) is 5.10 Å². The SMILES string of the molecule is Cc1cc(C(=O)N2CCNCC2C)n(C)n1. The summed E-state index contributed by atoms with van der Waals surface area (Å²) in [6.07, 6.45) is 0. The Bertz CT molecular complexity index is 399. The minimum absolute atomic E-state index is 0.0806. The quantitative estimate of drug-likeness (QED) is 0.736. The molecular weight excluding hydrogens is 204 g/mol. The highest BCUT2D eigenvalue weighted by atomic mass is 16.2. The Morgan fingerprint density at radius 3 is 2.94 bits per heavy atom. The second kappa shape index (κ2) is 4.25. The maximum Gasteiger partial charge on any atom is 0.272 e. The molecule has 1 fully saturated rings. The Hall–Kier alpha value is -1.36. The smallest absolute Gasteiger partial charge is 0.272 e. The highest BCUT2D eigenvalue weighted by molar-refractivity contribution is 5.93. The van der Waals surface area contributed by atoms with E-state index in [1.807, 2.05) is 24.9 Å². The summed E-state index contributed by atoms with van der Waals surface area (Å²) < 4.78 is 1.66. The summed E-state index contributed by atoms with van der Waals surface area (Å²) in [6, 6.07) is 2.09. The number of aryl methyl sites for hydroxylation is 2. The average molecular weight is 222 g/mol. The van der Waals surface area contributed by atoms with Gasteiger partial charge in [-0.05, 0) is 19.9 Å². The van der Waals surface area contributed by atoms with Gasteiger partial charge in [-0.3, -0.25) is 9.48 Å². The standard InChI is InChI=1S/C11H18N4O/c1-8-6-10(14(3)13-8)11(16)15-5-4-12-7-9(15)2/h6,9,12H,4-5,7H2,1-3H3. The predicted molar refractivity (Wildman–Crippen MR) is 61.3 cm³/mol. The van der Waals surface area contributed by atoms with Gasteiger partial charge in [0.2, 0.25) is 0 Å². The maximum atomic E-state index is 12.3. The van der Waals surface area contributed by atoms with Crippen LogP contribution in [0.15, 0.2) is 6.07 Å². The summed E-state index contributed by atoms with van der Waals surface area (Å²) in [4.78, 5) is 14.2. The first-order valence-corrected chi connectivity index (χ1v) is 5.62. The predicted octanol–water partition coefficient (Wildman–Crippen LogP) is 0.162. The second-order valence-electron chi connectivity index (χ2n) is 4.35. The van der Waals surface area contributed by atoms with E-state index >= 15 is 0 Å². The molecule has 0 saturated carbocycles. The fourth-order valence-electron chi connectivity index (χ4n) is 2.10. The Morgan fingerprint density at radius 2 is 2.38 bits per heavy atom. The monoisotopic (exact) mass is 222 g/mol. The van der Waals surface area contributed by atoms with Crippen LogP contribution < -0.4 is 5.32 Å². The van der Waals surface area contributed by atoms with Crippen LogP contribution in [-0.4, -0.2) is 46.3 Å². The van der Waals surface area contributed by atoms with E-state index < -0.39 is 0 Å². The lowest BCUT2D eigenvalue weighted by atomic mass is 10.2. The lowest BCUT2D eigenvalue weighted by Crippen LogP contribution is -2.52. The Kier molecular flexibility index (Phi) is 2.96. The molecule has 2 rings (SSSR count). The molecule has 0 spiro atoms. The van der Waals surface area contributed by atoms with Crippen molar-refractivity contribution in [2.24, 2.45) is 7.05 Å². The van der Waals surface area contributed by atoms with E-state index in [1.165, 1.54) is 0 Å². The normalized spacial score (nSPS) is 21.2. The molecule has 5 heteroatoms. The van der Waals surface area contributed by atoms with E-state index in [2.05, 4.69) is 17.3 Å². The number of nitrogens with one attached hydrogen (secondary N) is 1. The molecule has 0 aliphatic carbocycles.